The third-order valence-corrected chi connectivity index (χ3v) is 4.64. The first kappa shape index (κ1) is 21.0. The highest BCUT2D eigenvalue weighted by atomic mass is 35.5. The number of hydrogen-bond donors (Lipinski definition) is 2. The van der Waals surface area contributed by atoms with E-state index in [4.69, 9.17) is 0 Å². The summed E-state index contributed by atoms with van der Waals surface area (Å²) in [5.74, 6) is 0.206. The molecule has 0 spiro atoms. The van der Waals surface area contributed by atoms with Gasteiger partial charge in [-0.25, -0.2) is 0 Å². The Morgan fingerprint density at radius 3 is 2.43 bits per heavy atom. The molecule has 2 atom stereocenters. The van der Waals surface area contributed by atoms with Gasteiger partial charge in [0.15, 0.2) is 0 Å². The zero-order chi connectivity index (χ0) is 13.7. The van der Waals surface area contributed by atoms with E-state index in [1.165, 1.54) is 32.4 Å². The normalized spacial score (nSPS) is 27.3. The maximum atomic E-state index is 12.5. The van der Waals surface area contributed by atoms with Crippen LogP contribution in [0.4, 0.5) is 0 Å². The second kappa shape index (κ2) is 9.88. The summed E-state index contributed by atoms with van der Waals surface area (Å²) in [6.45, 7) is 8.58. The Morgan fingerprint density at radius 2 is 1.90 bits per heavy atom. The van der Waals surface area contributed by atoms with Crippen LogP contribution in [0, 0.1) is 0 Å². The summed E-state index contributed by atoms with van der Waals surface area (Å²) in [6, 6.07) is 0.247. The second-order valence-corrected chi connectivity index (χ2v) is 6.20. The van der Waals surface area contributed by atoms with Crippen LogP contribution in [0.15, 0.2) is 0 Å². The Morgan fingerprint density at radius 1 is 1.24 bits per heavy atom. The summed E-state index contributed by atoms with van der Waals surface area (Å²) in [4.78, 5) is 14.9. The predicted molar refractivity (Wildman–Crippen MR) is 92.7 cm³/mol. The van der Waals surface area contributed by atoms with Crippen molar-refractivity contribution in [3.05, 3.63) is 0 Å². The van der Waals surface area contributed by atoms with Crippen molar-refractivity contribution in [2.75, 3.05) is 26.2 Å². The van der Waals surface area contributed by atoms with Gasteiger partial charge in [-0.05, 0) is 58.7 Å². The van der Waals surface area contributed by atoms with Gasteiger partial charge in [0, 0.05) is 12.6 Å². The Labute approximate surface area is 141 Å². The van der Waals surface area contributed by atoms with Crippen LogP contribution in [-0.4, -0.2) is 48.6 Å². The molecule has 0 saturated carbocycles. The van der Waals surface area contributed by atoms with Gasteiger partial charge in [0.05, 0.1) is 5.54 Å². The molecular weight excluding hydrogens is 309 g/mol. The van der Waals surface area contributed by atoms with Gasteiger partial charge in [-0.2, -0.15) is 0 Å². The summed E-state index contributed by atoms with van der Waals surface area (Å²) in [5, 5.41) is 6.62. The molecule has 6 heteroatoms. The summed E-state index contributed by atoms with van der Waals surface area (Å²) in [5.41, 5.74) is -0.295. The van der Waals surface area contributed by atoms with E-state index in [1.807, 2.05) is 0 Å². The van der Waals surface area contributed by atoms with Crippen molar-refractivity contribution in [2.45, 2.75) is 64.0 Å². The maximum Gasteiger partial charge on any atom is 0.240 e. The van der Waals surface area contributed by atoms with Crippen LogP contribution >= 0.6 is 24.8 Å². The first-order chi connectivity index (χ1) is 9.16. The van der Waals surface area contributed by atoms with E-state index in [1.54, 1.807) is 0 Å². The molecule has 2 aliphatic rings. The molecule has 2 aliphatic heterocycles. The zero-order valence-corrected chi connectivity index (χ0v) is 15.0. The van der Waals surface area contributed by atoms with Crippen LogP contribution in [0.1, 0.15) is 52.4 Å². The van der Waals surface area contributed by atoms with Crippen molar-refractivity contribution in [1.82, 2.24) is 15.5 Å². The number of nitrogens with one attached hydrogen (secondary N) is 2. The topological polar surface area (TPSA) is 44.4 Å². The van der Waals surface area contributed by atoms with Crippen LogP contribution < -0.4 is 10.6 Å². The Kier molecular flexibility index (Phi) is 9.87. The molecule has 1 amide bonds. The number of carbonyl (C=O) groups is 1. The van der Waals surface area contributed by atoms with E-state index < -0.39 is 0 Å². The second-order valence-electron chi connectivity index (χ2n) is 6.20. The van der Waals surface area contributed by atoms with E-state index in [-0.39, 0.29) is 42.3 Å². The molecule has 0 aromatic carbocycles. The quantitative estimate of drug-likeness (QED) is 0.808. The van der Waals surface area contributed by atoms with Crippen molar-refractivity contribution in [3.8, 4) is 0 Å². The zero-order valence-electron chi connectivity index (χ0n) is 13.3. The van der Waals surface area contributed by atoms with Crippen LogP contribution in [0.25, 0.3) is 0 Å². The Balaban J connectivity index is 0.00000200. The molecule has 21 heavy (non-hydrogen) atoms. The number of likely N-dealkylation sites (tertiary alicyclic amines) is 1. The van der Waals surface area contributed by atoms with E-state index >= 15 is 0 Å². The molecular formula is C15H31Cl2N3O. The molecule has 0 bridgehead atoms. The van der Waals surface area contributed by atoms with Gasteiger partial charge in [0.25, 0.3) is 0 Å². The van der Waals surface area contributed by atoms with Crippen molar-refractivity contribution in [2.24, 2.45) is 0 Å². The molecule has 2 unspecified atom stereocenters. The number of hydrogen-bond acceptors (Lipinski definition) is 3. The summed E-state index contributed by atoms with van der Waals surface area (Å²) < 4.78 is 0. The third-order valence-electron chi connectivity index (χ3n) is 4.64. The lowest BCUT2D eigenvalue weighted by molar-refractivity contribution is -0.128. The number of carbonyl (C=O) groups excluding carboxylic acids is 1. The monoisotopic (exact) mass is 339 g/mol. The SMILES string of the molecule is CCC1(C(=O)NC(C)CN2CCCCC2)CCCN1.Cl.Cl. The molecule has 0 aromatic rings. The van der Waals surface area contributed by atoms with Crippen LogP contribution in [0.2, 0.25) is 0 Å². The van der Waals surface area contributed by atoms with E-state index in [2.05, 4.69) is 29.4 Å². The van der Waals surface area contributed by atoms with Gasteiger partial charge in [-0.15, -0.1) is 24.8 Å². The molecule has 126 valence electrons. The molecule has 2 rings (SSSR count). The number of halogens is 2. The molecule has 0 radical (unpaired) electrons. The van der Waals surface area contributed by atoms with Gasteiger partial charge in [0.1, 0.15) is 0 Å². The van der Waals surface area contributed by atoms with E-state index in [9.17, 15) is 4.79 Å². The highest BCUT2D eigenvalue weighted by Gasteiger charge is 2.39. The van der Waals surface area contributed by atoms with Gasteiger partial charge in [-0.1, -0.05) is 13.3 Å². The number of nitrogens with zero attached hydrogens (tertiary/aromatic N) is 1. The first-order valence-corrected chi connectivity index (χ1v) is 7.94. The van der Waals surface area contributed by atoms with Gasteiger partial charge >= 0.3 is 0 Å². The lowest BCUT2D eigenvalue weighted by Crippen LogP contribution is -2.56. The fraction of sp³-hybridized carbons (Fsp3) is 0.933. The average Bonchev–Trinajstić information content (AvgIpc) is 2.89. The molecule has 4 nitrogen and oxygen atoms in total. The fourth-order valence-electron chi connectivity index (χ4n) is 3.40. The summed E-state index contributed by atoms with van der Waals surface area (Å²) in [7, 11) is 0. The highest BCUT2D eigenvalue weighted by molar-refractivity contribution is 5.87. The number of piperidine rings is 1. The highest BCUT2D eigenvalue weighted by Crippen LogP contribution is 2.23. The Hall–Kier alpha value is -0.0300. The smallest absolute Gasteiger partial charge is 0.240 e. The first-order valence-electron chi connectivity index (χ1n) is 7.94. The largest absolute Gasteiger partial charge is 0.351 e. The van der Waals surface area contributed by atoms with Crippen LogP contribution in [0.3, 0.4) is 0 Å². The standard InChI is InChI=1S/C15H29N3O.2ClH/c1-3-15(8-7-9-16-15)14(19)17-13(2)12-18-10-5-4-6-11-18;;/h13,16H,3-12H2,1-2H3,(H,17,19);2*1H. The molecule has 2 saturated heterocycles. The molecule has 2 heterocycles. The van der Waals surface area contributed by atoms with Gasteiger partial charge in [-0.3, -0.25) is 4.79 Å². The molecule has 0 aliphatic carbocycles. The molecule has 2 N–H and O–H groups in total. The minimum Gasteiger partial charge on any atom is -0.351 e. The van der Waals surface area contributed by atoms with Gasteiger partial charge < -0.3 is 15.5 Å². The summed E-state index contributed by atoms with van der Waals surface area (Å²) >= 11 is 0. The minimum atomic E-state index is -0.295. The van der Waals surface area contributed by atoms with Gasteiger partial charge in [0.2, 0.25) is 5.91 Å². The van der Waals surface area contributed by atoms with Crippen molar-refractivity contribution >= 4 is 30.7 Å². The lowest BCUT2D eigenvalue weighted by atomic mass is 9.93. The summed E-state index contributed by atoms with van der Waals surface area (Å²) in [6.07, 6.45) is 6.95. The third kappa shape index (κ3) is 5.59. The van der Waals surface area contributed by atoms with Crippen LogP contribution in [-0.2, 0) is 4.79 Å². The average molecular weight is 340 g/mol. The van der Waals surface area contributed by atoms with E-state index in [0.717, 1.165) is 32.4 Å². The number of rotatable bonds is 5. The van der Waals surface area contributed by atoms with Crippen molar-refractivity contribution in [3.63, 3.8) is 0 Å². The van der Waals surface area contributed by atoms with Crippen molar-refractivity contribution in [1.29, 1.82) is 0 Å². The maximum absolute atomic E-state index is 12.5. The lowest BCUT2D eigenvalue weighted by Gasteiger charge is -2.32. The van der Waals surface area contributed by atoms with E-state index in [0.29, 0.717) is 0 Å². The van der Waals surface area contributed by atoms with Crippen molar-refractivity contribution < 1.29 is 4.79 Å². The fourth-order valence-corrected chi connectivity index (χ4v) is 3.40. The minimum absolute atomic E-state index is 0. The molecule has 2 fully saturated rings. The number of amides is 1. The predicted octanol–water partition coefficient (Wildman–Crippen LogP) is 2.35. The van der Waals surface area contributed by atoms with Crippen LogP contribution in [0.5, 0.6) is 0 Å². The molecule has 0 aromatic heterocycles. The Bertz CT molecular complexity index is 303.